The van der Waals surface area contributed by atoms with Crippen LogP contribution in [-0.2, 0) is 6.42 Å². The van der Waals surface area contributed by atoms with Crippen LogP contribution in [0.3, 0.4) is 0 Å². The van der Waals surface area contributed by atoms with Crippen molar-refractivity contribution >= 4 is 10.9 Å². The first kappa shape index (κ1) is 11.6. The Kier molecular flexibility index (Phi) is 2.83. The number of benzene rings is 1. The van der Waals surface area contributed by atoms with Gasteiger partial charge in [0.25, 0.3) is 5.56 Å². The van der Waals surface area contributed by atoms with Crippen LogP contribution in [0.5, 0.6) is 0 Å². The molecule has 19 heavy (non-hydrogen) atoms. The van der Waals surface area contributed by atoms with Crippen molar-refractivity contribution in [1.82, 2.24) is 15.0 Å². The summed E-state index contributed by atoms with van der Waals surface area (Å²) in [5.74, 6) is 0.600. The Balaban J connectivity index is 2.30. The van der Waals surface area contributed by atoms with E-state index in [2.05, 4.69) is 15.0 Å². The number of aromatic nitrogens is 3. The highest BCUT2D eigenvalue weighted by molar-refractivity contribution is 5.92. The van der Waals surface area contributed by atoms with Crippen molar-refractivity contribution in [1.29, 1.82) is 0 Å². The van der Waals surface area contributed by atoms with Crippen molar-refractivity contribution in [3.8, 4) is 11.4 Å². The molecule has 94 valence electrons. The van der Waals surface area contributed by atoms with E-state index in [0.717, 1.165) is 28.6 Å². The fraction of sp³-hybridized carbons (Fsp3) is 0.133. The first-order chi connectivity index (χ1) is 9.28. The number of hydrogen-bond acceptors (Lipinski definition) is 3. The molecule has 2 aromatic heterocycles. The largest absolute Gasteiger partial charge is 0.306 e. The monoisotopic (exact) mass is 251 g/mol. The maximum absolute atomic E-state index is 11.7. The number of rotatable bonds is 2. The van der Waals surface area contributed by atoms with E-state index in [0.29, 0.717) is 5.82 Å². The molecular weight excluding hydrogens is 238 g/mol. The summed E-state index contributed by atoms with van der Waals surface area (Å²) in [6, 6.07) is 11.2. The molecule has 0 radical (unpaired) electrons. The number of nitrogens with one attached hydrogen (secondary N) is 1. The zero-order valence-electron chi connectivity index (χ0n) is 10.6. The van der Waals surface area contributed by atoms with Gasteiger partial charge in [-0.1, -0.05) is 25.1 Å². The summed E-state index contributed by atoms with van der Waals surface area (Å²) in [5, 5.41) is 0.987. The lowest BCUT2D eigenvalue weighted by Crippen LogP contribution is -2.10. The molecule has 0 atom stereocenters. The van der Waals surface area contributed by atoms with E-state index in [1.165, 1.54) is 6.07 Å². The van der Waals surface area contributed by atoms with Crippen molar-refractivity contribution in [3.05, 3.63) is 58.6 Å². The van der Waals surface area contributed by atoms with E-state index >= 15 is 0 Å². The fourth-order valence-electron chi connectivity index (χ4n) is 2.12. The molecule has 0 bridgehead atoms. The summed E-state index contributed by atoms with van der Waals surface area (Å²) in [6.45, 7) is 1.98. The molecule has 0 saturated heterocycles. The highest BCUT2D eigenvalue weighted by Gasteiger charge is 2.07. The zero-order chi connectivity index (χ0) is 13.2. The molecule has 1 N–H and O–H groups in total. The number of H-pyrrole nitrogens is 1. The highest BCUT2D eigenvalue weighted by atomic mass is 16.1. The van der Waals surface area contributed by atoms with Crippen LogP contribution in [0.25, 0.3) is 22.3 Å². The smallest absolute Gasteiger partial charge is 0.251 e. The molecule has 0 aliphatic heterocycles. The van der Waals surface area contributed by atoms with E-state index < -0.39 is 0 Å². The van der Waals surface area contributed by atoms with Gasteiger partial charge in [-0.05, 0) is 18.6 Å². The molecule has 0 aliphatic carbocycles. The number of pyridine rings is 1. The number of aryl methyl sites for hydroxylation is 1. The third-order valence-electron chi connectivity index (χ3n) is 3.06. The SMILES string of the molecule is CCc1cc(=O)[nH]c(-c2ccnc3ccccc23)n1. The van der Waals surface area contributed by atoms with Gasteiger partial charge in [0.05, 0.1) is 5.52 Å². The quantitative estimate of drug-likeness (QED) is 0.761. The van der Waals surface area contributed by atoms with Crippen LogP contribution in [0.4, 0.5) is 0 Å². The molecule has 2 heterocycles. The summed E-state index contributed by atoms with van der Waals surface area (Å²) < 4.78 is 0. The second-order valence-electron chi connectivity index (χ2n) is 4.31. The molecule has 0 saturated carbocycles. The third kappa shape index (κ3) is 2.12. The maximum atomic E-state index is 11.7. The summed E-state index contributed by atoms with van der Waals surface area (Å²) in [6.07, 6.45) is 2.47. The van der Waals surface area contributed by atoms with Crippen LogP contribution in [0, 0.1) is 0 Å². The second kappa shape index (κ2) is 4.65. The molecule has 4 nitrogen and oxygen atoms in total. The normalized spacial score (nSPS) is 10.8. The summed E-state index contributed by atoms with van der Waals surface area (Å²) >= 11 is 0. The predicted octanol–water partition coefficient (Wildman–Crippen LogP) is 2.55. The summed E-state index contributed by atoms with van der Waals surface area (Å²) in [7, 11) is 0. The first-order valence-corrected chi connectivity index (χ1v) is 6.22. The van der Waals surface area contributed by atoms with Crippen LogP contribution >= 0.6 is 0 Å². The molecule has 0 unspecified atom stereocenters. The fourth-order valence-corrected chi connectivity index (χ4v) is 2.12. The van der Waals surface area contributed by atoms with Gasteiger partial charge in [-0.2, -0.15) is 0 Å². The molecule has 0 spiro atoms. The van der Waals surface area contributed by atoms with Gasteiger partial charge in [0, 0.05) is 28.9 Å². The van der Waals surface area contributed by atoms with Gasteiger partial charge in [-0.3, -0.25) is 9.78 Å². The van der Waals surface area contributed by atoms with Gasteiger partial charge in [0.15, 0.2) is 0 Å². The number of para-hydroxylation sites is 1. The molecule has 3 aromatic rings. The standard InChI is InChI=1S/C15H13N3O/c1-2-10-9-14(19)18-15(17-10)12-7-8-16-13-6-4-3-5-11(12)13/h3-9H,2H2,1H3,(H,17,18,19). The van der Waals surface area contributed by atoms with Gasteiger partial charge >= 0.3 is 0 Å². The zero-order valence-corrected chi connectivity index (χ0v) is 10.6. The van der Waals surface area contributed by atoms with E-state index in [-0.39, 0.29) is 5.56 Å². The number of fused-ring (bicyclic) bond motifs is 1. The minimum Gasteiger partial charge on any atom is -0.306 e. The van der Waals surface area contributed by atoms with Crippen LogP contribution in [0.2, 0.25) is 0 Å². The molecule has 1 aromatic carbocycles. The lowest BCUT2D eigenvalue weighted by atomic mass is 10.1. The Morgan fingerprint density at radius 2 is 2.05 bits per heavy atom. The van der Waals surface area contributed by atoms with Gasteiger partial charge in [-0.25, -0.2) is 4.98 Å². The molecule has 0 aliphatic rings. The van der Waals surface area contributed by atoms with Crippen LogP contribution in [0.15, 0.2) is 47.4 Å². The van der Waals surface area contributed by atoms with E-state index in [1.54, 1.807) is 6.20 Å². The molecule has 0 amide bonds. The van der Waals surface area contributed by atoms with Crippen molar-refractivity contribution in [3.63, 3.8) is 0 Å². The maximum Gasteiger partial charge on any atom is 0.251 e. The summed E-state index contributed by atoms with van der Waals surface area (Å²) in [5.41, 5.74) is 2.46. The number of nitrogens with zero attached hydrogens (tertiary/aromatic N) is 2. The van der Waals surface area contributed by atoms with Crippen LogP contribution < -0.4 is 5.56 Å². The molecule has 3 rings (SSSR count). The highest BCUT2D eigenvalue weighted by Crippen LogP contribution is 2.23. The lowest BCUT2D eigenvalue weighted by Gasteiger charge is -2.06. The minimum atomic E-state index is -0.122. The second-order valence-corrected chi connectivity index (χ2v) is 4.31. The third-order valence-corrected chi connectivity index (χ3v) is 3.06. The van der Waals surface area contributed by atoms with Gasteiger partial charge in [-0.15, -0.1) is 0 Å². The summed E-state index contributed by atoms with van der Waals surface area (Å²) in [4.78, 5) is 23.3. The topological polar surface area (TPSA) is 58.6 Å². The lowest BCUT2D eigenvalue weighted by molar-refractivity contribution is 0.988. The first-order valence-electron chi connectivity index (χ1n) is 6.22. The van der Waals surface area contributed by atoms with Crippen LogP contribution in [0.1, 0.15) is 12.6 Å². The van der Waals surface area contributed by atoms with E-state index in [4.69, 9.17) is 0 Å². The number of hydrogen-bond donors (Lipinski definition) is 1. The average molecular weight is 251 g/mol. The van der Waals surface area contributed by atoms with Crippen molar-refractivity contribution in [2.45, 2.75) is 13.3 Å². The van der Waals surface area contributed by atoms with Crippen molar-refractivity contribution < 1.29 is 0 Å². The van der Waals surface area contributed by atoms with Gasteiger partial charge in [0.1, 0.15) is 5.82 Å². The Morgan fingerprint density at radius 1 is 1.21 bits per heavy atom. The minimum absolute atomic E-state index is 0.122. The molecular formula is C15H13N3O. The van der Waals surface area contributed by atoms with Crippen molar-refractivity contribution in [2.75, 3.05) is 0 Å². The number of aromatic amines is 1. The van der Waals surface area contributed by atoms with Crippen molar-refractivity contribution in [2.24, 2.45) is 0 Å². The molecule has 4 heteroatoms. The predicted molar refractivity (Wildman–Crippen MR) is 75.0 cm³/mol. The Labute approximate surface area is 110 Å². The Morgan fingerprint density at radius 3 is 2.89 bits per heavy atom. The average Bonchev–Trinajstić information content (AvgIpc) is 2.46. The van der Waals surface area contributed by atoms with Gasteiger partial charge in [0.2, 0.25) is 0 Å². The molecule has 0 fully saturated rings. The van der Waals surface area contributed by atoms with E-state index in [9.17, 15) is 4.79 Å². The Bertz CT molecular complexity index is 787. The Hall–Kier alpha value is -2.49. The van der Waals surface area contributed by atoms with Crippen LogP contribution in [-0.4, -0.2) is 15.0 Å². The van der Waals surface area contributed by atoms with E-state index in [1.807, 2.05) is 37.3 Å². The van der Waals surface area contributed by atoms with Gasteiger partial charge < -0.3 is 4.98 Å².